The average molecular weight is 288 g/mol. The Morgan fingerprint density at radius 2 is 1.62 bits per heavy atom. The number of allylic oxidation sites excluding steroid dienone is 5. The Morgan fingerprint density at radius 3 is 2.31 bits per heavy atom. The van der Waals surface area contributed by atoms with Crippen molar-refractivity contribution in [2.45, 2.75) is 33.1 Å². The zero-order chi connectivity index (χ0) is 10.7. The van der Waals surface area contributed by atoms with E-state index in [1.165, 1.54) is 24.0 Å². The van der Waals surface area contributed by atoms with Gasteiger partial charge in [0.15, 0.2) is 0 Å². The molecule has 0 amide bonds. The van der Waals surface area contributed by atoms with Crippen molar-refractivity contribution in [3.8, 4) is 0 Å². The number of rotatable bonds is 0. The van der Waals surface area contributed by atoms with Crippen LogP contribution in [-0.4, -0.2) is 13.1 Å². The number of hydrogen-bond acceptors (Lipinski definition) is 0. The molecule has 0 aromatic heterocycles. The Balaban J connectivity index is 0.00000128. The van der Waals surface area contributed by atoms with Crippen molar-refractivity contribution in [3.63, 3.8) is 0 Å². The summed E-state index contributed by atoms with van der Waals surface area (Å²) in [6.07, 6.45) is 12.8. The first-order chi connectivity index (χ1) is 7.17. The van der Waals surface area contributed by atoms with E-state index in [0.29, 0.717) is 0 Å². The fraction of sp³-hybridized carbons (Fsp3) is 0.571. The quantitative estimate of drug-likeness (QED) is 0.631. The molecule has 2 aliphatic rings. The van der Waals surface area contributed by atoms with Gasteiger partial charge in [0.25, 0.3) is 0 Å². The summed E-state index contributed by atoms with van der Waals surface area (Å²) in [5.74, 6) is 0. The molecule has 0 spiro atoms. The van der Waals surface area contributed by atoms with Crippen molar-refractivity contribution in [1.82, 2.24) is 0 Å². The van der Waals surface area contributed by atoms with Crippen LogP contribution in [-0.2, 0) is 0 Å². The molecule has 0 atom stereocenters. The van der Waals surface area contributed by atoms with Crippen LogP contribution in [0.3, 0.4) is 0 Å². The molecule has 1 aliphatic heterocycles. The van der Waals surface area contributed by atoms with Gasteiger partial charge in [-0.3, -0.25) is 0 Å². The van der Waals surface area contributed by atoms with Crippen molar-refractivity contribution in [2.24, 2.45) is 5.41 Å². The van der Waals surface area contributed by atoms with Crippen LogP contribution in [0.15, 0.2) is 35.5 Å². The maximum Gasteiger partial charge on any atom is 1.00 e. The molecule has 2 rings (SSSR count). The Bertz CT molecular complexity index is 294. The van der Waals surface area contributed by atoms with Crippen LogP contribution in [0, 0.1) is 5.41 Å². The fourth-order valence-corrected chi connectivity index (χ4v) is 2.08. The Kier molecular flexibility index (Phi) is 6.39. The maximum absolute atomic E-state index is 4.50. The summed E-state index contributed by atoms with van der Waals surface area (Å²) in [5.41, 5.74) is 3.24. The van der Waals surface area contributed by atoms with E-state index in [1.54, 1.807) is 0 Å². The van der Waals surface area contributed by atoms with Gasteiger partial charge in [-0.1, -0.05) is 44.6 Å². The van der Waals surface area contributed by atoms with Gasteiger partial charge in [0, 0.05) is 5.41 Å². The largest absolute Gasteiger partial charge is 1.00 e. The number of nitrogens with zero attached hydrogens (tertiary/aromatic N) is 1. The smallest absolute Gasteiger partial charge is 0.662 e. The predicted octanol–water partition coefficient (Wildman–Crippen LogP) is 0.997. The predicted molar refractivity (Wildman–Crippen MR) is 66.0 cm³/mol. The van der Waals surface area contributed by atoms with Crippen LogP contribution in [0.2, 0.25) is 0 Å². The zero-order valence-corrected chi connectivity index (χ0v) is 15.7. The second-order valence-corrected chi connectivity index (χ2v) is 5.06. The monoisotopic (exact) mass is 287 g/mol. The fourth-order valence-electron chi connectivity index (χ4n) is 2.08. The van der Waals surface area contributed by atoms with E-state index in [1.807, 2.05) is 0 Å². The standard InChI is InChI=1S/C14H20N.Rb/c1-14(2)8-5-12-4-3-10-15-11-7-13(12)6-9-14;/h5-6,8-9H,3-4,7,10-11H2,1-2H3;/q-1;+1. The summed E-state index contributed by atoms with van der Waals surface area (Å²) in [4.78, 5) is 0. The third-order valence-electron chi connectivity index (χ3n) is 3.14. The van der Waals surface area contributed by atoms with E-state index >= 15 is 0 Å². The molecule has 0 saturated carbocycles. The summed E-state index contributed by atoms with van der Waals surface area (Å²) in [5, 5.41) is 4.50. The first kappa shape index (κ1) is 15.0. The summed E-state index contributed by atoms with van der Waals surface area (Å²) in [6, 6.07) is 0. The van der Waals surface area contributed by atoms with Gasteiger partial charge in [0.05, 0.1) is 0 Å². The van der Waals surface area contributed by atoms with Gasteiger partial charge in [-0.15, -0.1) is 13.1 Å². The van der Waals surface area contributed by atoms with Gasteiger partial charge in [0.2, 0.25) is 0 Å². The average Bonchev–Trinajstić information content (AvgIpc) is 2.26. The van der Waals surface area contributed by atoms with Crippen molar-refractivity contribution in [2.75, 3.05) is 13.1 Å². The second kappa shape index (κ2) is 6.79. The van der Waals surface area contributed by atoms with Crippen molar-refractivity contribution in [1.29, 1.82) is 0 Å². The Hall–Kier alpha value is 0.985. The van der Waals surface area contributed by atoms with E-state index in [9.17, 15) is 0 Å². The molecule has 0 N–H and O–H groups in total. The number of hydrogen-bond donors (Lipinski definition) is 0. The molecule has 0 aromatic carbocycles. The van der Waals surface area contributed by atoms with Crippen molar-refractivity contribution >= 4 is 0 Å². The van der Waals surface area contributed by atoms with E-state index in [2.05, 4.69) is 43.5 Å². The SMILES string of the molecule is CC1(C)C=CC2=C(C=C1)CC[N-]CCC2.[Rb+]. The van der Waals surface area contributed by atoms with Crippen molar-refractivity contribution in [3.05, 3.63) is 40.8 Å². The minimum absolute atomic E-state index is 0. The van der Waals surface area contributed by atoms with Crippen LogP contribution in [0.5, 0.6) is 0 Å². The Morgan fingerprint density at radius 1 is 1.00 bits per heavy atom. The van der Waals surface area contributed by atoms with Gasteiger partial charge >= 0.3 is 58.2 Å². The summed E-state index contributed by atoms with van der Waals surface area (Å²) >= 11 is 0. The first-order valence-corrected chi connectivity index (χ1v) is 5.91. The van der Waals surface area contributed by atoms with Gasteiger partial charge in [0.1, 0.15) is 0 Å². The maximum atomic E-state index is 4.50. The normalized spacial score (nSPS) is 23.9. The van der Waals surface area contributed by atoms with Crippen molar-refractivity contribution < 1.29 is 58.2 Å². The molecule has 1 heterocycles. The van der Waals surface area contributed by atoms with Crippen LogP contribution in [0.1, 0.15) is 33.1 Å². The molecule has 0 bridgehead atoms. The molecule has 0 radical (unpaired) electrons. The minimum atomic E-state index is 0. The molecular weight excluding hydrogens is 268 g/mol. The van der Waals surface area contributed by atoms with Gasteiger partial charge in [-0.05, 0) is 24.0 Å². The molecule has 1 nitrogen and oxygen atoms in total. The summed E-state index contributed by atoms with van der Waals surface area (Å²) < 4.78 is 0. The van der Waals surface area contributed by atoms with Crippen LogP contribution >= 0.6 is 0 Å². The van der Waals surface area contributed by atoms with Crippen LogP contribution in [0.4, 0.5) is 0 Å². The summed E-state index contributed by atoms with van der Waals surface area (Å²) in [6.45, 7) is 6.55. The molecule has 0 unspecified atom stereocenters. The summed E-state index contributed by atoms with van der Waals surface area (Å²) in [7, 11) is 0. The molecular formula is C14H20NRb. The molecule has 82 valence electrons. The van der Waals surface area contributed by atoms with Gasteiger partial charge < -0.3 is 5.32 Å². The van der Waals surface area contributed by atoms with E-state index < -0.39 is 0 Å². The Labute approximate surface area is 148 Å². The van der Waals surface area contributed by atoms with Crippen LogP contribution < -0.4 is 58.2 Å². The van der Waals surface area contributed by atoms with Gasteiger partial charge in [-0.2, -0.15) is 0 Å². The van der Waals surface area contributed by atoms with Gasteiger partial charge in [-0.25, -0.2) is 0 Å². The second-order valence-electron chi connectivity index (χ2n) is 5.06. The molecule has 0 fully saturated rings. The van der Waals surface area contributed by atoms with Crippen LogP contribution in [0.25, 0.3) is 5.32 Å². The zero-order valence-electron chi connectivity index (χ0n) is 10.8. The molecule has 0 aromatic rings. The minimum Gasteiger partial charge on any atom is -0.662 e. The van der Waals surface area contributed by atoms with E-state index in [-0.39, 0.29) is 63.6 Å². The molecule has 0 saturated heterocycles. The topological polar surface area (TPSA) is 14.1 Å². The molecule has 16 heavy (non-hydrogen) atoms. The van der Waals surface area contributed by atoms with E-state index in [0.717, 1.165) is 19.5 Å². The third-order valence-corrected chi connectivity index (χ3v) is 3.14. The molecule has 1 aliphatic carbocycles. The third kappa shape index (κ3) is 4.34. The van der Waals surface area contributed by atoms with E-state index in [4.69, 9.17) is 0 Å². The first-order valence-electron chi connectivity index (χ1n) is 5.91. The molecule has 2 heteroatoms.